The molecule has 0 aromatic heterocycles. The third-order valence-electron chi connectivity index (χ3n) is 1.58. The fourth-order valence-electron chi connectivity index (χ4n) is 0.851. The molecule has 3 amide bonds. The van der Waals surface area contributed by atoms with Gasteiger partial charge >= 0.3 is 6.03 Å². The Morgan fingerprint density at radius 1 is 1.21 bits per heavy atom. The van der Waals surface area contributed by atoms with Gasteiger partial charge in [0.25, 0.3) is 5.91 Å². The molecular weight excluding hydrogens is 184 g/mol. The second kappa shape index (κ2) is 4.27. The third-order valence-corrected chi connectivity index (χ3v) is 1.58. The van der Waals surface area contributed by atoms with Crippen molar-refractivity contribution in [2.24, 2.45) is 0 Å². The number of urea groups is 1. The Bertz CT molecular complexity index is 346. The van der Waals surface area contributed by atoms with Crippen LogP contribution in [0.3, 0.4) is 0 Å². The van der Waals surface area contributed by atoms with E-state index in [0.717, 1.165) is 0 Å². The molecule has 1 aromatic rings. The fraction of sp³-hybridized carbons (Fsp3) is 0.111. The summed E-state index contributed by atoms with van der Waals surface area (Å²) in [5, 5.41) is 13.3. The van der Waals surface area contributed by atoms with E-state index in [-0.39, 0.29) is 5.75 Å². The Hall–Kier alpha value is -2.04. The normalized spacial score (nSPS) is 9.21. The summed E-state index contributed by atoms with van der Waals surface area (Å²) < 4.78 is 0. The lowest BCUT2D eigenvalue weighted by Gasteiger charge is -2.02. The van der Waals surface area contributed by atoms with E-state index in [1.54, 1.807) is 0 Å². The zero-order chi connectivity index (χ0) is 10.6. The maximum absolute atomic E-state index is 11.3. The van der Waals surface area contributed by atoms with Gasteiger partial charge in [0.1, 0.15) is 5.75 Å². The highest BCUT2D eigenvalue weighted by atomic mass is 16.3. The summed E-state index contributed by atoms with van der Waals surface area (Å²) in [4.78, 5) is 22.0. The van der Waals surface area contributed by atoms with Crippen molar-refractivity contribution in [1.29, 1.82) is 0 Å². The van der Waals surface area contributed by atoms with E-state index in [1.165, 1.54) is 31.3 Å². The number of amides is 3. The van der Waals surface area contributed by atoms with Crippen LogP contribution in [0.4, 0.5) is 4.79 Å². The fourth-order valence-corrected chi connectivity index (χ4v) is 0.851. The van der Waals surface area contributed by atoms with Gasteiger partial charge in [-0.3, -0.25) is 10.1 Å². The minimum atomic E-state index is -0.567. The van der Waals surface area contributed by atoms with Gasteiger partial charge in [-0.1, -0.05) is 0 Å². The number of benzene rings is 1. The Morgan fingerprint density at radius 3 is 2.29 bits per heavy atom. The maximum atomic E-state index is 11.3. The molecule has 0 aliphatic rings. The first-order chi connectivity index (χ1) is 6.63. The van der Waals surface area contributed by atoms with Crippen molar-refractivity contribution in [2.75, 3.05) is 7.05 Å². The predicted molar refractivity (Wildman–Crippen MR) is 50.0 cm³/mol. The summed E-state index contributed by atoms with van der Waals surface area (Å²) in [5.41, 5.74) is 0.311. The molecule has 1 rings (SSSR count). The largest absolute Gasteiger partial charge is 0.508 e. The molecule has 0 bridgehead atoms. The maximum Gasteiger partial charge on any atom is 0.321 e. The highest BCUT2D eigenvalue weighted by molar-refractivity contribution is 6.04. The van der Waals surface area contributed by atoms with Crippen LogP contribution in [0.15, 0.2) is 24.3 Å². The van der Waals surface area contributed by atoms with E-state index < -0.39 is 11.9 Å². The quantitative estimate of drug-likeness (QED) is 0.607. The molecule has 0 spiro atoms. The number of carbonyl (C=O) groups is 2. The van der Waals surface area contributed by atoms with Crippen molar-refractivity contribution >= 4 is 11.9 Å². The average Bonchev–Trinajstić information content (AvgIpc) is 2.18. The van der Waals surface area contributed by atoms with Gasteiger partial charge in [0.15, 0.2) is 0 Å². The summed E-state index contributed by atoms with van der Waals surface area (Å²) in [7, 11) is 1.42. The van der Waals surface area contributed by atoms with Crippen LogP contribution in [0.5, 0.6) is 5.75 Å². The van der Waals surface area contributed by atoms with Crippen LogP contribution < -0.4 is 10.6 Å². The van der Waals surface area contributed by atoms with Gasteiger partial charge in [0.05, 0.1) is 0 Å². The molecule has 3 N–H and O–H groups in total. The van der Waals surface area contributed by atoms with Crippen LogP contribution in [0, 0.1) is 0 Å². The van der Waals surface area contributed by atoms with E-state index in [9.17, 15) is 9.59 Å². The molecule has 0 saturated carbocycles. The Labute approximate surface area is 80.7 Å². The van der Waals surface area contributed by atoms with Gasteiger partial charge < -0.3 is 10.4 Å². The van der Waals surface area contributed by atoms with Crippen LogP contribution in [-0.4, -0.2) is 24.1 Å². The van der Waals surface area contributed by atoms with Crippen molar-refractivity contribution < 1.29 is 14.7 Å². The zero-order valence-corrected chi connectivity index (χ0v) is 7.57. The lowest BCUT2D eigenvalue weighted by molar-refractivity contribution is 0.0964. The second-order valence-corrected chi connectivity index (χ2v) is 2.58. The third kappa shape index (κ3) is 2.48. The molecule has 14 heavy (non-hydrogen) atoms. The molecule has 0 fully saturated rings. The highest BCUT2D eigenvalue weighted by Crippen LogP contribution is 2.09. The number of carbonyl (C=O) groups excluding carboxylic acids is 2. The minimum Gasteiger partial charge on any atom is -0.508 e. The van der Waals surface area contributed by atoms with Crippen molar-refractivity contribution in [3.05, 3.63) is 29.8 Å². The molecule has 0 aliphatic heterocycles. The molecular formula is C9H10N2O3. The van der Waals surface area contributed by atoms with E-state index in [0.29, 0.717) is 5.56 Å². The first kappa shape index (κ1) is 10.0. The summed E-state index contributed by atoms with van der Waals surface area (Å²) in [5.74, 6) is -0.439. The number of nitrogens with one attached hydrogen (secondary N) is 2. The van der Waals surface area contributed by atoms with Crippen molar-refractivity contribution in [3.8, 4) is 5.75 Å². The van der Waals surface area contributed by atoms with Crippen molar-refractivity contribution in [1.82, 2.24) is 10.6 Å². The summed E-state index contributed by atoms with van der Waals surface area (Å²) in [6.45, 7) is 0. The van der Waals surface area contributed by atoms with Crippen LogP contribution >= 0.6 is 0 Å². The summed E-state index contributed by atoms with van der Waals surface area (Å²) in [6.07, 6.45) is 0. The predicted octanol–water partition coefficient (Wildman–Crippen LogP) is 0.461. The number of hydrogen-bond donors (Lipinski definition) is 3. The minimum absolute atomic E-state index is 0.0708. The van der Waals surface area contributed by atoms with E-state index in [1.807, 2.05) is 0 Å². The van der Waals surface area contributed by atoms with E-state index >= 15 is 0 Å². The van der Waals surface area contributed by atoms with Gasteiger partial charge in [-0.2, -0.15) is 0 Å². The molecule has 0 heterocycles. The number of imide groups is 1. The molecule has 0 radical (unpaired) electrons. The molecule has 74 valence electrons. The van der Waals surface area contributed by atoms with E-state index in [2.05, 4.69) is 10.6 Å². The number of phenols is 1. The monoisotopic (exact) mass is 194 g/mol. The molecule has 0 saturated heterocycles. The molecule has 1 aromatic carbocycles. The Kier molecular flexibility index (Phi) is 3.06. The molecule has 5 heteroatoms. The first-order valence-corrected chi connectivity index (χ1v) is 3.95. The van der Waals surface area contributed by atoms with E-state index in [4.69, 9.17) is 5.11 Å². The number of rotatable bonds is 1. The SMILES string of the molecule is CNC(=O)NC(=O)c1ccc(O)cc1. The van der Waals surface area contributed by atoms with Crippen molar-refractivity contribution in [3.63, 3.8) is 0 Å². The van der Waals surface area contributed by atoms with Gasteiger partial charge in [-0.15, -0.1) is 0 Å². The zero-order valence-electron chi connectivity index (χ0n) is 7.57. The molecule has 0 unspecified atom stereocenters. The second-order valence-electron chi connectivity index (χ2n) is 2.58. The van der Waals surface area contributed by atoms with Gasteiger partial charge in [0, 0.05) is 12.6 Å². The molecule has 0 aliphatic carbocycles. The number of hydrogen-bond acceptors (Lipinski definition) is 3. The summed E-state index contributed by atoms with van der Waals surface area (Å²) >= 11 is 0. The van der Waals surface area contributed by atoms with Crippen LogP contribution in [-0.2, 0) is 0 Å². The van der Waals surface area contributed by atoms with Crippen molar-refractivity contribution in [2.45, 2.75) is 0 Å². The smallest absolute Gasteiger partial charge is 0.321 e. The summed E-state index contributed by atoms with van der Waals surface area (Å²) in [6, 6.07) is 5.03. The van der Waals surface area contributed by atoms with Crippen LogP contribution in [0.1, 0.15) is 10.4 Å². The Morgan fingerprint density at radius 2 is 1.79 bits per heavy atom. The molecule has 5 nitrogen and oxygen atoms in total. The topological polar surface area (TPSA) is 78.4 Å². The van der Waals surface area contributed by atoms with Gasteiger partial charge in [-0.25, -0.2) is 4.79 Å². The standard InChI is InChI=1S/C9H10N2O3/c1-10-9(14)11-8(13)6-2-4-7(12)5-3-6/h2-5,12H,1H3,(H2,10,11,13,14). The molecule has 0 atom stereocenters. The lowest BCUT2D eigenvalue weighted by atomic mass is 10.2. The van der Waals surface area contributed by atoms with Crippen LogP contribution in [0.2, 0.25) is 0 Å². The van der Waals surface area contributed by atoms with Gasteiger partial charge in [-0.05, 0) is 24.3 Å². The number of phenolic OH excluding ortho intramolecular Hbond substituents is 1. The lowest BCUT2D eigenvalue weighted by Crippen LogP contribution is -2.37. The Balaban J connectivity index is 2.70. The van der Waals surface area contributed by atoms with Crippen LogP contribution in [0.25, 0.3) is 0 Å². The number of aromatic hydroxyl groups is 1. The first-order valence-electron chi connectivity index (χ1n) is 3.95. The van der Waals surface area contributed by atoms with Gasteiger partial charge in [0.2, 0.25) is 0 Å². The average molecular weight is 194 g/mol. The highest BCUT2D eigenvalue weighted by Gasteiger charge is 2.07.